The number of amides is 1. The number of carbonyl (C=O) groups is 1. The average Bonchev–Trinajstić information content (AvgIpc) is 2.79. The second-order valence-electron chi connectivity index (χ2n) is 6.94. The highest BCUT2D eigenvalue weighted by Crippen LogP contribution is 2.29. The first-order chi connectivity index (χ1) is 14.6. The van der Waals surface area contributed by atoms with E-state index >= 15 is 0 Å². The summed E-state index contributed by atoms with van der Waals surface area (Å²) in [5, 5.41) is 2.98. The third-order valence-corrected chi connectivity index (χ3v) is 4.94. The fourth-order valence-electron chi connectivity index (χ4n) is 3.22. The quantitative estimate of drug-likeness (QED) is 0.563. The van der Waals surface area contributed by atoms with Crippen LogP contribution in [-0.4, -0.2) is 20.1 Å². The van der Waals surface area contributed by atoms with Crippen molar-refractivity contribution in [3.8, 4) is 11.5 Å². The third kappa shape index (κ3) is 5.39. The first-order valence-corrected chi connectivity index (χ1v) is 9.81. The molecule has 0 radical (unpaired) electrons. The van der Waals surface area contributed by atoms with Crippen molar-refractivity contribution in [2.45, 2.75) is 26.7 Å². The van der Waals surface area contributed by atoms with E-state index in [0.29, 0.717) is 36.8 Å². The molecular weight excluding hydrogens is 378 g/mol. The normalized spacial score (nSPS) is 10.5. The smallest absolute Gasteiger partial charge is 0.251 e. The largest absolute Gasteiger partial charge is 0.496 e. The number of rotatable bonds is 9. The summed E-state index contributed by atoms with van der Waals surface area (Å²) in [5.41, 5.74) is 4.55. The molecule has 0 saturated carbocycles. The Hall–Kier alpha value is -3.31. The van der Waals surface area contributed by atoms with E-state index in [9.17, 15) is 4.79 Å². The van der Waals surface area contributed by atoms with Crippen LogP contribution in [0.5, 0.6) is 11.5 Å². The number of ether oxygens (including phenoxy) is 3. The van der Waals surface area contributed by atoms with Crippen molar-refractivity contribution >= 4 is 5.91 Å². The van der Waals surface area contributed by atoms with Gasteiger partial charge in [0.2, 0.25) is 0 Å². The molecule has 5 heteroatoms. The topological polar surface area (TPSA) is 56.8 Å². The van der Waals surface area contributed by atoms with Crippen molar-refractivity contribution in [1.82, 2.24) is 5.32 Å². The summed E-state index contributed by atoms with van der Waals surface area (Å²) in [6.45, 7) is 3.32. The Balaban J connectivity index is 1.64. The molecule has 1 N–H and O–H groups in total. The highest BCUT2D eigenvalue weighted by molar-refractivity contribution is 5.95. The van der Waals surface area contributed by atoms with Gasteiger partial charge in [0.1, 0.15) is 11.5 Å². The van der Waals surface area contributed by atoms with Gasteiger partial charge in [0, 0.05) is 17.7 Å². The van der Waals surface area contributed by atoms with Crippen LogP contribution in [0.15, 0.2) is 66.7 Å². The van der Waals surface area contributed by atoms with Crippen LogP contribution in [0.2, 0.25) is 0 Å². The minimum absolute atomic E-state index is 0.188. The molecule has 0 bridgehead atoms. The van der Waals surface area contributed by atoms with Gasteiger partial charge in [-0.05, 0) is 35.7 Å². The second kappa shape index (κ2) is 10.5. The van der Waals surface area contributed by atoms with Gasteiger partial charge < -0.3 is 19.5 Å². The summed E-state index contributed by atoms with van der Waals surface area (Å²) in [5.74, 6) is 1.05. The van der Waals surface area contributed by atoms with Crippen LogP contribution in [0.3, 0.4) is 0 Å². The summed E-state index contributed by atoms with van der Waals surface area (Å²) in [6.07, 6.45) is 0. The first-order valence-electron chi connectivity index (χ1n) is 9.81. The zero-order valence-corrected chi connectivity index (χ0v) is 17.6. The minimum atomic E-state index is -0.188. The van der Waals surface area contributed by atoms with Crippen molar-refractivity contribution < 1.29 is 19.0 Å². The van der Waals surface area contributed by atoms with E-state index in [2.05, 4.69) is 5.32 Å². The molecule has 1 amide bonds. The summed E-state index contributed by atoms with van der Waals surface area (Å²) in [7, 11) is 3.16. The highest BCUT2D eigenvalue weighted by Gasteiger charge is 2.14. The lowest BCUT2D eigenvalue weighted by Gasteiger charge is -2.14. The Morgan fingerprint density at radius 3 is 2.07 bits per heavy atom. The number of methoxy groups -OCH3 is 2. The van der Waals surface area contributed by atoms with Gasteiger partial charge in [-0.15, -0.1) is 0 Å². The van der Waals surface area contributed by atoms with Gasteiger partial charge in [-0.25, -0.2) is 0 Å². The second-order valence-corrected chi connectivity index (χ2v) is 6.94. The lowest BCUT2D eigenvalue weighted by molar-refractivity contribution is 0.0947. The van der Waals surface area contributed by atoms with Gasteiger partial charge in [-0.2, -0.15) is 0 Å². The van der Waals surface area contributed by atoms with Crippen LogP contribution in [0.25, 0.3) is 0 Å². The zero-order valence-electron chi connectivity index (χ0n) is 17.6. The van der Waals surface area contributed by atoms with Crippen molar-refractivity contribution in [2.75, 3.05) is 14.2 Å². The van der Waals surface area contributed by atoms with E-state index in [1.165, 1.54) is 0 Å². The van der Waals surface area contributed by atoms with Crippen molar-refractivity contribution in [2.24, 2.45) is 0 Å². The molecule has 0 unspecified atom stereocenters. The van der Waals surface area contributed by atoms with Crippen LogP contribution in [-0.2, 0) is 24.5 Å². The van der Waals surface area contributed by atoms with Gasteiger partial charge in [-0.1, -0.05) is 54.6 Å². The molecule has 0 spiro atoms. The maximum Gasteiger partial charge on any atom is 0.251 e. The van der Waals surface area contributed by atoms with Crippen molar-refractivity contribution in [3.63, 3.8) is 0 Å². The fraction of sp³-hybridized carbons (Fsp3) is 0.240. The number of nitrogens with one attached hydrogen (secondary N) is 1. The molecule has 156 valence electrons. The van der Waals surface area contributed by atoms with Crippen LogP contribution < -0.4 is 14.8 Å². The van der Waals surface area contributed by atoms with E-state index in [1.807, 2.05) is 61.5 Å². The number of hydrogen-bond donors (Lipinski definition) is 1. The number of hydrogen-bond acceptors (Lipinski definition) is 4. The molecule has 5 nitrogen and oxygen atoms in total. The molecule has 0 aliphatic heterocycles. The molecule has 3 aromatic rings. The minimum Gasteiger partial charge on any atom is -0.496 e. The summed E-state index contributed by atoms with van der Waals surface area (Å²) < 4.78 is 16.6. The lowest BCUT2D eigenvalue weighted by Crippen LogP contribution is -2.23. The SMILES string of the molecule is COc1cc(C(=O)NCc2ccccc2COCc2ccccc2)cc(OC)c1C. The number of carbonyl (C=O) groups excluding carboxylic acids is 1. The summed E-state index contributed by atoms with van der Waals surface area (Å²) in [6, 6.07) is 21.5. The van der Waals surface area contributed by atoms with E-state index in [-0.39, 0.29) is 5.91 Å². The van der Waals surface area contributed by atoms with Crippen molar-refractivity contribution in [3.05, 3.63) is 94.5 Å². The van der Waals surface area contributed by atoms with Crippen LogP contribution in [0.4, 0.5) is 0 Å². The summed E-state index contributed by atoms with van der Waals surface area (Å²) in [4.78, 5) is 12.7. The third-order valence-electron chi connectivity index (χ3n) is 4.94. The van der Waals surface area contributed by atoms with E-state index < -0.39 is 0 Å². The Morgan fingerprint density at radius 1 is 0.833 bits per heavy atom. The molecule has 30 heavy (non-hydrogen) atoms. The Morgan fingerprint density at radius 2 is 1.43 bits per heavy atom. The Kier molecular flexibility index (Phi) is 7.46. The molecule has 0 aromatic heterocycles. The maximum absolute atomic E-state index is 12.7. The van der Waals surface area contributed by atoms with Crippen molar-refractivity contribution in [1.29, 1.82) is 0 Å². The first kappa shape index (κ1) is 21.4. The molecule has 0 fully saturated rings. The van der Waals surface area contributed by atoms with Crippen LogP contribution in [0.1, 0.15) is 32.6 Å². The molecular formula is C25H27NO4. The summed E-state index contributed by atoms with van der Waals surface area (Å²) >= 11 is 0. The molecule has 3 rings (SSSR count). The molecule has 0 saturated heterocycles. The molecule has 0 aliphatic carbocycles. The van der Waals surface area contributed by atoms with Gasteiger partial charge in [0.25, 0.3) is 5.91 Å². The number of benzene rings is 3. The van der Waals surface area contributed by atoms with Crippen LogP contribution >= 0.6 is 0 Å². The van der Waals surface area contributed by atoms with Gasteiger partial charge >= 0.3 is 0 Å². The fourth-order valence-corrected chi connectivity index (χ4v) is 3.22. The van der Waals surface area contributed by atoms with E-state index in [1.54, 1.807) is 26.4 Å². The molecule has 0 heterocycles. The van der Waals surface area contributed by atoms with Gasteiger partial charge in [-0.3, -0.25) is 4.79 Å². The van der Waals surface area contributed by atoms with E-state index in [4.69, 9.17) is 14.2 Å². The molecule has 0 aliphatic rings. The van der Waals surface area contributed by atoms with Gasteiger partial charge in [0.05, 0.1) is 27.4 Å². The van der Waals surface area contributed by atoms with E-state index in [0.717, 1.165) is 22.3 Å². The highest BCUT2D eigenvalue weighted by atomic mass is 16.5. The lowest BCUT2D eigenvalue weighted by atomic mass is 10.1. The zero-order chi connectivity index (χ0) is 21.3. The van der Waals surface area contributed by atoms with Gasteiger partial charge in [0.15, 0.2) is 0 Å². The maximum atomic E-state index is 12.7. The predicted octanol–water partition coefficient (Wildman–Crippen LogP) is 4.66. The predicted molar refractivity (Wildman–Crippen MR) is 117 cm³/mol. The van der Waals surface area contributed by atoms with Crippen LogP contribution in [0, 0.1) is 6.92 Å². The standard InChI is InChI=1S/C25H27NO4/c1-18-23(28-2)13-22(14-24(18)29-3)25(27)26-15-20-11-7-8-12-21(20)17-30-16-19-9-5-4-6-10-19/h4-14H,15-17H2,1-3H3,(H,26,27). The molecule has 3 aromatic carbocycles. The Bertz CT molecular complexity index is 960. The Labute approximate surface area is 177 Å². The average molecular weight is 405 g/mol. The molecule has 0 atom stereocenters. The monoisotopic (exact) mass is 405 g/mol.